The Morgan fingerprint density at radius 3 is 2.29 bits per heavy atom. The maximum Gasteiger partial charge on any atom is 0.251 e. The van der Waals surface area contributed by atoms with Crippen LogP contribution in [0.2, 0.25) is 0 Å². The number of fused-ring (bicyclic) bond motifs is 1. The van der Waals surface area contributed by atoms with E-state index in [4.69, 9.17) is 9.72 Å². The molecule has 1 aliphatic rings. The normalized spacial score (nSPS) is 15.2. The Hall–Kier alpha value is -4.76. The van der Waals surface area contributed by atoms with Crippen LogP contribution in [0.5, 0.6) is 5.75 Å². The van der Waals surface area contributed by atoms with Crippen molar-refractivity contribution in [1.82, 2.24) is 19.8 Å². The van der Waals surface area contributed by atoms with E-state index in [1.54, 1.807) is 12.1 Å². The van der Waals surface area contributed by atoms with Gasteiger partial charge in [-0.15, -0.1) is 0 Å². The maximum absolute atomic E-state index is 13.8. The number of amides is 1. The van der Waals surface area contributed by atoms with E-state index in [2.05, 4.69) is 33.1 Å². The SMILES string of the molecule is CC(CC(CNC(=O)c1ccccc1)c1ccc(F)cc1)N1CCC(Nc2nc3ccccc3n2CCCOc2ccc(F)cc2)CC1. The van der Waals surface area contributed by atoms with Gasteiger partial charge in [-0.3, -0.25) is 4.79 Å². The molecule has 0 radical (unpaired) electrons. The Labute approximate surface area is 280 Å². The number of aromatic nitrogens is 2. The highest BCUT2D eigenvalue weighted by Crippen LogP contribution is 2.27. The lowest BCUT2D eigenvalue weighted by Gasteiger charge is -2.38. The minimum atomic E-state index is -0.276. The van der Waals surface area contributed by atoms with Crippen molar-refractivity contribution in [2.45, 2.75) is 57.2 Å². The molecular formula is C39H43F2N5O2. The summed E-state index contributed by atoms with van der Waals surface area (Å²) in [5, 5.41) is 6.85. The molecule has 1 aromatic heterocycles. The molecule has 2 N–H and O–H groups in total. The van der Waals surface area contributed by atoms with Gasteiger partial charge in [0.15, 0.2) is 0 Å². The van der Waals surface area contributed by atoms with Gasteiger partial charge >= 0.3 is 0 Å². The van der Waals surface area contributed by atoms with Gasteiger partial charge in [-0.2, -0.15) is 0 Å². The first-order valence-electron chi connectivity index (χ1n) is 16.9. The molecule has 6 rings (SSSR count). The second-order valence-corrected chi connectivity index (χ2v) is 12.6. The number of likely N-dealkylation sites (tertiary alicyclic amines) is 1. The van der Waals surface area contributed by atoms with Crippen LogP contribution >= 0.6 is 0 Å². The molecule has 0 saturated carbocycles. The second kappa shape index (κ2) is 15.9. The predicted octanol–water partition coefficient (Wildman–Crippen LogP) is 7.65. The number of nitrogens with zero attached hydrogens (tertiary/aromatic N) is 3. The van der Waals surface area contributed by atoms with Gasteiger partial charge in [0.2, 0.25) is 5.95 Å². The highest BCUT2D eigenvalue weighted by Gasteiger charge is 2.27. The second-order valence-electron chi connectivity index (χ2n) is 12.6. The largest absolute Gasteiger partial charge is 0.494 e. The summed E-state index contributed by atoms with van der Waals surface area (Å²) >= 11 is 0. The molecule has 0 aliphatic carbocycles. The topological polar surface area (TPSA) is 71.4 Å². The smallest absolute Gasteiger partial charge is 0.251 e. The van der Waals surface area contributed by atoms with Crippen LogP contribution in [0.3, 0.4) is 0 Å². The fourth-order valence-corrected chi connectivity index (χ4v) is 6.56. The molecule has 0 bridgehead atoms. The summed E-state index contributed by atoms with van der Waals surface area (Å²) in [6.45, 7) is 5.87. The van der Waals surface area contributed by atoms with Gasteiger partial charge in [-0.1, -0.05) is 42.5 Å². The van der Waals surface area contributed by atoms with Crippen molar-refractivity contribution < 1.29 is 18.3 Å². The zero-order valence-electron chi connectivity index (χ0n) is 27.3. The number of halogens is 2. The summed E-state index contributed by atoms with van der Waals surface area (Å²) in [6, 6.07) is 30.7. The van der Waals surface area contributed by atoms with E-state index in [9.17, 15) is 13.6 Å². The number of aryl methyl sites for hydroxylation is 1. The number of rotatable bonds is 14. The van der Waals surface area contributed by atoms with Crippen LogP contribution in [0.25, 0.3) is 11.0 Å². The molecule has 1 amide bonds. The van der Waals surface area contributed by atoms with Gasteiger partial charge in [-0.05, 0) is 98.8 Å². The molecule has 250 valence electrons. The number of piperidine rings is 1. The number of hydrogen-bond donors (Lipinski definition) is 2. The van der Waals surface area contributed by atoms with Crippen molar-refractivity contribution >= 4 is 22.9 Å². The number of carbonyl (C=O) groups excluding carboxylic acids is 1. The van der Waals surface area contributed by atoms with E-state index >= 15 is 0 Å². The van der Waals surface area contributed by atoms with Crippen LogP contribution in [0.1, 0.15) is 54.4 Å². The van der Waals surface area contributed by atoms with Crippen LogP contribution < -0.4 is 15.4 Å². The van der Waals surface area contributed by atoms with E-state index in [1.165, 1.54) is 24.3 Å². The fraction of sp³-hybridized carbons (Fsp3) is 0.333. The Balaban J connectivity index is 1.04. The Bertz CT molecular complexity index is 1750. The van der Waals surface area contributed by atoms with Crippen LogP contribution in [0.4, 0.5) is 14.7 Å². The summed E-state index contributed by atoms with van der Waals surface area (Å²) in [5.41, 5.74) is 3.69. The van der Waals surface area contributed by atoms with Gasteiger partial charge < -0.3 is 24.8 Å². The third-order valence-electron chi connectivity index (χ3n) is 9.26. The quantitative estimate of drug-likeness (QED) is 0.121. The van der Waals surface area contributed by atoms with Gasteiger partial charge in [0.25, 0.3) is 5.91 Å². The van der Waals surface area contributed by atoms with Gasteiger partial charge in [0.05, 0.1) is 17.6 Å². The summed E-state index contributed by atoms with van der Waals surface area (Å²) in [5.74, 6) is 0.939. The molecule has 4 aromatic carbocycles. The third-order valence-corrected chi connectivity index (χ3v) is 9.26. The number of hydrogen-bond acceptors (Lipinski definition) is 5. The van der Waals surface area contributed by atoms with Crippen LogP contribution in [-0.4, -0.2) is 58.7 Å². The van der Waals surface area contributed by atoms with Crippen molar-refractivity contribution in [2.24, 2.45) is 0 Å². The number of para-hydroxylation sites is 2. The van der Waals surface area contributed by atoms with Crippen molar-refractivity contribution in [3.8, 4) is 5.75 Å². The van der Waals surface area contributed by atoms with Gasteiger partial charge in [0.1, 0.15) is 17.4 Å². The average molecular weight is 652 g/mol. The van der Waals surface area contributed by atoms with Crippen molar-refractivity contribution in [3.63, 3.8) is 0 Å². The highest BCUT2D eigenvalue weighted by atomic mass is 19.1. The van der Waals surface area contributed by atoms with E-state index < -0.39 is 0 Å². The Kier molecular flexibility index (Phi) is 11.0. The minimum absolute atomic E-state index is 0.0519. The summed E-state index contributed by atoms with van der Waals surface area (Å²) < 4.78 is 35.1. The first kappa shape index (κ1) is 33.2. The molecule has 9 heteroatoms. The molecule has 1 saturated heterocycles. The summed E-state index contributed by atoms with van der Waals surface area (Å²) in [7, 11) is 0. The molecular weight excluding hydrogens is 608 g/mol. The van der Waals surface area contributed by atoms with E-state index in [0.29, 0.717) is 24.5 Å². The van der Waals surface area contributed by atoms with Crippen LogP contribution in [-0.2, 0) is 6.54 Å². The molecule has 5 aromatic rings. The van der Waals surface area contributed by atoms with E-state index in [1.807, 2.05) is 60.7 Å². The number of nitrogens with one attached hydrogen (secondary N) is 2. The van der Waals surface area contributed by atoms with Gasteiger partial charge in [-0.25, -0.2) is 13.8 Å². The molecule has 2 atom stereocenters. The average Bonchev–Trinajstić information content (AvgIpc) is 3.46. The fourth-order valence-electron chi connectivity index (χ4n) is 6.56. The lowest BCUT2D eigenvalue weighted by Crippen LogP contribution is -2.44. The molecule has 2 heterocycles. The van der Waals surface area contributed by atoms with Crippen molar-refractivity contribution in [2.75, 3.05) is 31.6 Å². The molecule has 48 heavy (non-hydrogen) atoms. The maximum atomic E-state index is 13.8. The monoisotopic (exact) mass is 651 g/mol. The van der Waals surface area contributed by atoms with Crippen LogP contribution in [0.15, 0.2) is 103 Å². The van der Waals surface area contributed by atoms with Crippen molar-refractivity contribution in [1.29, 1.82) is 0 Å². The molecule has 1 fully saturated rings. The zero-order chi connectivity index (χ0) is 33.3. The molecule has 0 spiro atoms. The molecule has 1 aliphatic heterocycles. The van der Waals surface area contributed by atoms with E-state index in [0.717, 1.165) is 67.9 Å². The number of carbonyl (C=O) groups is 1. The first-order chi connectivity index (χ1) is 23.4. The summed E-state index contributed by atoms with van der Waals surface area (Å²) in [4.78, 5) is 20.3. The Morgan fingerprint density at radius 2 is 1.56 bits per heavy atom. The number of ether oxygens (including phenoxy) is 1. The standard InChI is InChI=1S/C39H43F2N5O2/c1-28(26-31(29-12-14-32(40)15-13-29)27-42-38(47)30-8-3-2-4-9-30)45-23-20-34(21-24-45)43-39-44-36-10-5-6-11-37(36)46(39)22-7-25-48-35-18-16-33(41)17-19-35/h2-6,8-19,28,31,34H,7,20-27H2,1H3,(H,42,47)(H,43,44). The third kappa shape index (κ3) is 8.58. The predicted molar refractivity (Wildman–Crippen MR) is 186 cm³/mol. The molecule has 7 nitrogen and oxygen atoms in total. The number of anilines is 1. The highest BCUT2D eigenvalue weighted by molar-refractivity contribution is 5.94. The lowest BCUT2D eigenvalue weighted by molar-refractivity contribution is 0.0946. The minimum Gasteiger partial charge on any atom is -0.494 e. The first-order valence-corrected chi connectivity index (χ1v) is 16.9. The number of imidazole rings is 1. The Morgan fingerprint density at radius 1 is 0.896 bits per heavy atom. The van der Waals surface area contributed by atoms with Crippen LogP contribution in [0, 0.1) is 11.6 Å². The zero-order valence-corrected chi connectivity index (χ0v) is 27.3. The van der Waals surface area contributed by atoms with Crippen molar-refractivity contribution in [3.05, 3.63) is 126 Å². The lowest BCUT2D eigenvalue weighted by atomic mass is 9.90. The number of benzene rings is 4. The summed E-state index contributed by atoms with van der Waals surface area (Å²) in [6.07, 6.45) is 3.58. The van der Waals surface area contributed by atoms with Gasteiger partial charge in [0, 0.05) is 49.7 Å². The van der Waals surface area contributed by atoms with E-state index in [-0.39, 0.29) is 35.5 Å². The molecule has 2 unspecified atom stereocenters.